The van der Waals surface area contributed by atoms with Gasteiger partial charge < -0.3 is 0 Å². The fourth-order valence-electron chi connectivity index (χ4n) is 1.82. The summed E-state index contributed by atoms with van der Waals surface area (Å²) in [5, 5.41) is 1.85. The lowest BCUT2D eigenvalue weighted by atomic mass is 10.0. The zero-order chi connectivity index (χ0) is 11.8. The van der Waals surface area contributed by atoms with Gasteiger partial charge in [0, 0.05) is 0 Å². The molecule has 2 aromatic carbocycles. The second-order valence-electron chi connectivity index (χ2n) is 3.81. The fourth-order valence-corrected chi connectivity index (χ4v) is 2.57. The van der Waals surface area contributed by atoms with Crippen LogP contribution in [0.4, 0.5) is 0 Å². The quantitative estimate of drug-likeness (QED) is 0.815. The maximum absolute atomic E-state index is 11.0. The predicted octanol–water partition coefficient (Wildman–Crippen LogP) is 2.54. The van der Waals surface area contributed by atoms with Gasteiger partial charge in [0.1, 0.15) is 5.75 Å². The summed E-state index contributed by atoms with van der Waals surface area (Å²) in [6.07, 6.45) is 0. The van der Waals surface area contributed by atoms with Gasteiger partial charge in [0.25, 0.3) is 10.1 Å². The van der Waals surface area contributed by atoms with Gasteiger partial charge in [0.05, 0.1) is 0 Å². The third-order valence-corrected chi connectivity index (χ3v) is 3.26. The standard InChI is InChI=1S/C12H12O3S/c1-9-6-7-10-4-2-3-5-11(10)12(9)8-16(13,14)15/h2-7H,8H2,1H3,(H,13,14,15). The summed E-state index contributed by atoms with van der Waals surface area (Å²) >= 11 is 0. The van der Waals surface area contributed by atoms with Crippen LogP contribution in [0.1, 0.15) is 11.1 Å². The number of aryl methyl sites for hydroxylation is 1. The van der Waals surface area contributed by atoms with E-state index in [4.69, 9.17) is 4.55 Å². The van der Waals surface area contributed by atoms with Gasteiger partial charge in [-0.25, -0.2) is 0 Å². The second-order valence-corrected chi connectivity index (χ2v) is 5.26. The van der Waals surface area contributed by atoms with E-state index in [0.29, 0.717) is 5.56 Å². The Morgan fingerprint density at radius 3 is 2.50 bits per heavy atom. The molecule has 4 heteroatoms. The van der Waals surface area contributed by atoms with Gasteiger partial charge in [-0.1, -0.05) is 36.4 Å². The van der Waals surface area contributed by atoms with Gasteiger partial charge in [0.2, 0.25) is 0 Å². The van der Waals surface area contributed by atoms with Crippen LogP contribution in [0, 0.1) is 6.92 Å². The fraction of sp³-hybridized carbons (Fsp3) is 0.167. The molecule has 16 heavy (non-hydrogen) atoms. The summed E-state index contributed by atoms with van der Waals surface area (Å²) in [4.78, 5) is 0. The Hall–Kier alpha value is -1.39. The van der Waals surface area contributed by atoms with E-state index in [1.807, 2.05) is 43.3 Å². The van der Waals surface area contributed by atoms with E-state index in [1.54, 1.807) is 0 Å². The molecule has 84 valence electrons. The monoisotopic (exact) mass is 236 g/mol. The van der Waals surface area contributed by atoms with Crippen molar-refractivity contribution in [2.45, 2.75) is 12.7 Å². The summed E-state index contributed by atoms with van der Waals surface area (Å²) in [6.45, 7) is 1.84. The molecule has 0 saturated heterocycles. The first-order valence-corrected chi connectivity index (χ1v) is 6.51. The van der Waals surface area contributed by atoms with Crippen molar-refractivity contribution >= 4 is 20.9 Å². The topological polar surface area (TPSA) is 54.4 Å². The Morgan fingerprint density at radius 2 is 1.81 bits per heavy atom. The van der Waals surface area contributed by atoms with E-state index >= 15 is 0 Å². The second kappa shape index (κ2) is 3.88. The molecule has 0 amide bonds. The van der Waals surface area contributed by atoms with Crippen molar-refractivity contribution in [2.24, 2.45) is 0 Å². The van der Waals surface area contributed by atoms with Crippen molar-refractivity contribution in [1.29, 1.82) is 0 Å². The summed E-state index contributed by atoms with van der Waals surface area (Å²) in [6, 6.07) is 11.3. The van der Waals surface area contributed by atoms with Gasteiger partial charge in [0.15, 0.2) is 0 Å². The number of hydrogen-bond donors (Lipinski definition) is 1. The van der Waals surface area contributed by atoms with Crippen LogP contribution in [0.3, 0.4) is 0 Å². The summed E-state index contributed by atoms with van der Waals surface area (Å²) in [5.74, 6) is -0.333. The molecule has 0 aliphatic rings. The lowest BCUT2D eigenvalue weighted by molar-refractivity contribution is 0.482. The maximum Gasteiger partial charge on any atom is 0.269 e. The van der Waals surface area contributed by atoms with Crippen LogP contribution in [-0.4, -0.2) is 13.0 Å². The molecular weight excluding hydrogens is 224 g/mol. The van der Waals surface area contributed by atoms with Gasteiger partial charge in [-0.05, 0) is 28.8 Å². The molecule has 3 nitrogen and oxygen atoms in total. The zero-order valence-electron chi connectivity index (χ0n) is 8.84. The number of hydrogen-bond acceptors (Lipinski definition) is 2. The van der Waals surface area contributed by atoms with Gasteiger partial charge in [-0.15, -0.1) is 0 Å². The Bertz CT molecular complexity index is 630. The Kier molecular flexibility index (Phi) is 2.69. The first kappa shape index (κ1) is 11.1. The largest absolute Gasteiger partial charge is 0.285 e. The van der Waals surface area contributed by atoms with Gasteiger partial charge in [-0.2, -0.15) is 8.42 Å². The molecule has 0 aromatic heterocycles. The highest BCUT2D eigenvalue weighted by Crippen LogP contribution is 2.23. The minimum absolute atomic E-state index is 0.333. The summed E-state index contributed by atoms with van der Waals surface area (Å²) < 4.78 is 30.8. The van der Waals surface area contributed by atoms with Crippen LogP contribution in [0.2, 0.25) is 0 Å². The van der Waals surface area contributed by atoms with E-state index in [-0.39, 0.29) is 5.75 Å². The van der Waals surface area contributed by atoms with Crippen LogP contribution in [0.15, 0.2) is 36.4 Å². The third-order valence-electron chi connectivity index (χ3n) is 2.60. The molecule has 0 atom stereocenters. The van der Waals surface area contributed by atoms with Crippen LogP contribution < -0.4 is 0 Å². The Labute approximate surface area is 94.5 Å². The van der Waals surface area contributed by atoms with Crippen LogP contribution >= 0.6 is 0 Å². The molecule has 0 fully saturated rings. The zero-order valence-corrected chi connectivity index (χ0v) is 9.66. The average Bonchev–Trinajstić information content (AvgIpc) is 2.21. The van der Waals surface area contributed by atoms with Crippen molar-refractivity contribution in [3.05, 3.63) is 47.5 Å². The molecule has 1 N–H and O–H groups in total. The van der Waals surface area contributed by atoms with Crippen molar-refractivity contribution in [3.8, 4) is 0 Å². The minimum Gasteiger partial charge on any atom is -0.285 e. The van der Waals surface area contributed by atoms with Crippen LogP contribution in [-0.2, 0) is 15.9 Å². The number of benzene rings is 2. The lowest BCUT2D eigenvalue weighted by Gasteiger charge is -2.08. The highest BCUT2D eigenvalue weighted by atomic mass is 32.2. The van der Waals surface area contributed by atoms with Crippen molar-refractivity contribution < 1.29 is 13.0 Å². The van der Waals surface area contributed by atoms with E-state index in [0.717, 1.165) is 16.3 Å². The van der Waals surface area contributed by atoms with E-state index in [2.05, 4.69) is 0 Å². The van der Waals surface area contributed by atoms with Crippen molar-refractivity contribution in [3.63, 3.8) is 0 Å². The average molecular weight is 236 g/mol. The van der Waals surface area contributed by atoms with Gasteiger partial charge >= 0.3 is 0 Å². The molecular formula is C12H12O3S. The van der Waals surface area contributed by atoms with E-state index < -0.39 is 10.1 Å². The third kappa shape index (κ3) is 2.23. The Balaban J connectivity index is 2.71. The molecule has 0 heterocycles. The summed E-state index contributed by atoms with van der Waals surface area (Å²) in [5.41, 5.74) is 1.54. The maximum atomic E-state index is 11.0. The smallest absolute Gasteiger partial charge is 0.269 e. The summed E-state index contributed by atoms with van der Waals surface area (Å²) in [7, 11) is -3.99. The molecule has 2 aromatic rings. The molecule has 0 spiro atoms. The molecule has 0 radical (unpaired) electrons. The van der Waals surface area contributed by atoms with Crippen LogP contribution in [0.25, 0.3) is 10.8 Å². The molecule has 2 rings (SSSR count). The molecule has 0 bridgehead atoms. The molecule has 0 unspecified atom stereocenters. The first-order valence-electron chi connectivity index (χ1n) is 4.90. The number of fused-ring (bicyclic) bond motifs is 1. The van der Waals surface area contributed by atoms with Crippen molar-refractivity contribution in [2.75, 3.05) is 0 Å². The normalized spacial score (nSPS) is 11.9. The minimum atomic E-state index is -3.99. The number of rotatable bonds is 2. The predicted molar refractivity (Wildman–Crippen MR) is 63.9 cm³/mol. The first-order chi connectivity index (χ1) is 7.47. The van der Waals surface area contributed by atoms with E-state index in [1.165, 1.54) is 0 Å². The Morgan fingerprint density at radius 1 is 1.12 bits per heavy atom. The van der Waals surface area contributed by atoms with Crippen molar-refractivity contribution in [1.82, 2.24) is 0 Å². The highest BCUT2D eigenvalue weighted by Gasteiger charge is 2.12. The molecule has 0 saturated carbocycles. The van der Waals surface area contributed by atoms with Gasteiger partial charge in [-0.3, -0.25) is 4.55 Å². The van der Waals surface area contributed by atoms with E-state index in [9.17, 15) is 8.42 Å². The highest BCUT2D eigenvalue weighted by molar-refractivity contribution is 7.85. The molecule has 0 aliphatic carbocycles. The molecule has 0 aliphatic heterocycles. The van der Waals surface area contributed by atoms with Crippen LogP contribution in [0.5, 0.6) is 0 Å². The SMILES string of the molecule is Cc1ccc2ccccc2c1CS(=O)(=O)O. The lowest BCUT2D eigenvalue weighted by Crippen LogP contribution is -2.03.